The molecule has 0 bridgehead atoms. The van der Waals surface area contributed by atoms with E-state index in [2.05, 4.69) is 20.3 Å². The molecule has 1 N–H and O–H groups in total. The second kappa shape index (κ2) is 8.45. The Labute approximate surface area is 185 Å². The van der Waals surface area contributed by atoms with Gasteiger partial charge in [-0.1, -0.05) is 5.16 Å². The first-order valence-corrected chi connectivity index (χ1v) is 11.8. The van der Waals surface area contributed by atoms with E-state index in [1.807, 2.05) is 30.9 Å². The lowest BCUT2D eigenvalue weighted by Gasteiger charge is -2.31. The lowest BCUT2D eigenvalue weighted by atomic mass is 9.96. The molecule has 162 valence electrons. The number of nitrogens with one attached hydrogen (secondary N) is 1. The van der Waals surface area contributed by atoms with Crippen LogP contribution < -0.4 is 0 Å². The molecule has 5 rings (SSSR count). The lowest BCUT2D eigenvalue weighted by molar-refractivity contribution is 0.0706. The molecule has 1 saturated carbocycles. The van der Waals surface area contributed by atoms with Crippen molar-refractivity contribution in [3.8, 4) is 0 Å². The number of nitrogens with zero attached hydrogens (tertiary/aromatic N) is 5. The molecule has 1 aliphatic heterocycles. The summed E-state index contributed by atoms with van der Waals surface area (Å²) >= 11 is 1.55. The number of carbonyl (C=O) groups is 1. The molecule has 1 amide bonds. The molecule has 2 aliphatic rings. The number of pyridine rings is 1. The Morgan fingerprint density at radius 3 is 2.74 bits per heavy atom. The lowest BCUT2D eigenvalue weighted by Crippen LogP contribution is -2.38. The summed E-state index contributed by atoms with van der Waals surface area (Å²) in [5.74, 6) is 4.37. The van der Waals surface area contributed by atoms with Crippen molar-refractivity contribution in [1.29, 1.82) is 0 Å². The molecular formula is C22H26N6O2S. The third-order valence-electron chi connectivity index (χ3n) is 6.17. The van der Waals surface area contributed by atoms with Gasteiger partial charge in [0.05, 0.1) is 11.3 Å². The molecule has 2 fully saturated rings. The molecule has 0 aromatic carbocycles. The number of aromatic nitrogens is 5. The van der Waals surface area contributed by atoms with Gasteiger partial charge in [0.15, 0.2) is 5.82 Å². The van der Waals surface area contributed by atoms with Crippen LogP contribution in [0.3, 0.4) is 0 Å². The molecule has 0 unspecified atom stereocenters. The van der Waals surface area contributed by atoms with Gasteiger partial charge >= 0.3 is 0 Å². The van der Waals surface area contributed by atoms with Gasteiger partial charge in [0.1, 0.15) is 16.6 Å². The number of thioether (sulfide) groups is 1. The smallest absolute Gasteiger partial charge is 0.256 e. The Bertz CT molecular complexity index is 1060. The van der Waals surface area contributed by atoms with E-state index in [4.69, 9.17) is 9.51 Å². The van der Waals surface area contributed by atoms with Crippen molar-refractivity contribution in [2.24, 2.45) is 0 Å². The third-order valence-corrected chi connectivity index (χ3v) is 7.20. The molecule has 1 aliphatic carbocycles. The first-order chi connectivity index (χ1) is 15.1. The zero-order chi connectivity index (χ0) is 21.4. The molecule has 0 spiro atoms. The number of aromatic amines is 1. The molecule has 4 heterocycles. The Hall–Kier alpha value is -2.68. The molecule has 9 heteroatoms. The number of rotatable bonds is 6. The van der Waals surface area contributed by atoms with Crippen LogP contribution in [0, 0.1) is 13.8 Å². The number of likely N-dealkylation sites (tertiary alicyclic amines) is 1. The second-order valence-corrected chi connectivity index (χ2v) is 9.33. The molecule has 0 atom stereocenters. The van der Waals surface area contributed by atoms with Crippen LogP contribution in [0.1, 0.15) is 76.5 Å². The topological polar surface area (TPSA) is 101 Å². The predicted molar refractivity (Wildman–Crippen MR) is 116 cm³/mol. The van der Waals surface area contributed by atoms with Crippen LogP contribution >= 0.6 is 11.8 Å². The van der Waals surface area contributed by atoms with Crippen molar-refractivity contribution in [2.75, 3.05) is 13.1 Å². The molecule has 8 nitrogen and oxygen atoms in total. The first kappa shape index (κ1) is 20.2. The zero-order valence-corrected chi connectivity index (χ0v) is 18.6. The second-order valence-electron chi connectivity index (χ2n) is 8.37. The number of piperidine rings is 1. The molecule has 3 aromatic rings. The summed E-state index contributed by atoms with van der Waals surface area (Å²) in [6.45, 7) is 5.27. The van der Waals surface area contributed by atoms with Gasteiger partial charge in [0, 0.05) is 42.4 Å². The van der Waals surface area contributed by atoms with E-state index in [0.717, 1.165) is 46.5 Å². The van der Waals surface area contributed by atoms with Crippen LogP contribution in [-0.2, 0) is 5.75 Å². The highest BCUT2D eigenvalue weighted by molar-refractivity contribution is 7.98. The Kier molecular flexibility index (Phi) is 5.52. The van der Waals surface area contributed by atoms with E-state index in [0.29, 0.717) is 36.2 Å². The molecule has 3 aromatic heterocycles. The van der Waals surface area contributed by atoms with E-state index >= 15 is 0 Å². The number of aryl methyl sites for hydroxylation is 2. The van der Waals surface area contributed by atoms with Crippen LogP contribution in [0.5, 0.6) is 0 Å². The van der Waals surface area contributed by atoms with Crippen molar-refractivity contribution < 1.29 is 9.32 Å². The highest BCUT2D eigenvalue weighted by Gasteiger charge is 2.31. The Morgan fingerprint density at radius 1 is 1.23 bits per heavy atom. The SMILES string of the molecule is Cc1noc(C)c1CSc1ncccc1C(=O)N1CCC(c2nc(C3CC3)n[nH]2)CC1. The fraction of sp³-hybridized carbons (Fsp3) is 0.500. The first-order valence-electron chi connectivity index (χ1n) is 10.8. The number of hydrogen-bond acceptors (Lipinski definition) is 7. The van der Waals surface area contributed by atoms with Crippen molar-refractivity contribution in [3.05, 3.63) is 52.6 Å². The average Bonchev–Trinajstić information content (AvgIpc) is 3.44. The summed E-state index contributed by atoms with van der Waals surface area (Å²) in [6.07, 6.45) is 5.93. The van der Waals surface area contributed by atoms with Crippen molar-refractivity contribution in [3.63, 3.8) is 0 Å². The minimum absolute atomic E-state index is 0.0454. The third kappa shape index (κ3) is 4.23. The van der Waals surface area contributed by atoms with E-state index in [-0.39, 0.29) is 5.91 Å². The molecular weight excluding hydrogens is 412 g/mol. The summed E-state index contributed by atoms with van der Waals surface area (Å²) < 4.78 is 5.25. The van der Waals surface area contributed by atoms with E-state index in [1.54, 1.807) is 18.0 Å². The van der Waals surface area contributed by atoms with Gasteiger partial charge in [-0.25, -0.2) is 9.97 Å². The number of carbonyl (C=O) groups excluding carboxylic acids is 1. The van der Waals surface area contributed by atoms with E-state index in [9.17, 15) is 4.79 Å². The Morgan fingerprint density at radius 2 is 2.03 bits per heavy atom. The Balaban J connectivity index is 1.23. The van der Waals surface area contributed by atoms with Crippen molar-refractivity contribution in [1.82, 2.24) is 30.2 Å². The highest BCUT2D eigenvalue weighted by atomic mass is 32.2. The normalized spacial score (nSPS) is 17.3. The minimum Gasteiger partial charge on any atom is -0.361 e. The van der Waals surface area contributed by atoms with Crippen molar-refractivity contribution >= 4 is 17.7 Å². The largest absolute Gasteiger partial charge is 0.361 e. The van der Waals surface area contributed by atoms with Gasteiger partial charge in [0.2, 0.25) is 0 Å². The predicted octanol–water partition coefficient (Wildman–Crippen LogP) is 3.99. The maximum atomic E-state index is 13.3. The van der Waals surface area contributed by atoms with Gasteiger partial charge in [-0.2, -0.15) is 5.10 Å². The van der Waals surface area contributed by atoms with Crippen LogP contribution in [0.2, 0.25) is 0 Å². The van der Waals surface area contributed by atoms with Crippen LogP contribution in [0.4, 0.5) is 0 Å². The van der Waals surface area contributed by atoms with Gasteiger partial charge < -0.3 is 9.42 Å². The summed E-state index contributed by atoms with van der Waals surface area (Å²) in [5.41, 5.74) is 2.61. The molecule has 31 heavy (non-hydrogen) atoms. The minimum atomic E-state index is 0.0454. The van der Waals surface area contributed by atoms with Crippen LogP contribution in [0.25, 0.3) is 0 Å². The van der Waals surface area contributed by atoms with E-state index < -0.39 is 0 Å². The maximum absolute atomic E-state index is 13.3. The number of amides is 1. The van der Waals surface area contributed by atoms with Crippen LogP contribution in [-0.4, -0.2) is 49.2 Å². The van der Waals surface area contributed by atoms with Crippen molar-refractivity contribution in [2.45, 2.75) is 62.1 Å². The van der Waals surface area contributed by atoms with Gasteiger partial charge in [-0.15, -0.1) is 11.8 Å². The standard InChI is InChI=1S/C22H26N6O2S/c1-13-18(14(2)30-27-13)12-31-21-17(4-3-9-23-21)22(29)28-10-7-16(8-11-28)20-24-19(25-26-20)15-5-6-15/h3-4,9,15-16H,5-8,10-12H2,1-2H3,(H,24,25,26). The van der Waals surface area contributed by atoms with E-state index in [1.165, 1.54) is 12.8 Å². The zero-order valence-electron chi connectivity index (χ0n) is 17.8. The quantitative estimate of drug-likeness (QED) is 0.581. The fourth-order valence-corrected chi connectivity index (χ4v) is 5.18. The van der Waals surface area contributed by atoms with Gasteiger partial charge in [-0.3, -0.25) is 9.89 Å². The average molecular weight is 439 g/mol. The summed E-state index contributed by atoms with van der Waals surface area (Å²) in [7, 11) is 0. The monoisotopic (exact) mass is 438 g/mol. The maximum Gasteiger partial charge on any atom is 0.256 e. The highest BCUT2D eigenvalue weighted by Crippen LogP contribution is 2.38. The molecule has 1 saturated heterocycles. The fourth-order valence-electron chi connectivity index (χ4n) is 4.04. The summed E-state index contributed by atoms with van der Waals surface area (Å²) in [4.78, 5) is 24.4. The van der Waals surface area contributed by atoms with Crippen LogP contribution in [0.15, 0.2) is 27.9 Å². The number of H-pyrrole nitrogens is 1. The van der Waals surface area contributed by atoms with Gasteiger partial charge in [-0.05, 0) is 51.7 Å². The number of hydrogen-bond donors (Lipinski definition) is 1. The summed E-state index contributed by atoms with van der Waals surface area (Å²) in [6, 6.07) is 3.70. The van der Waals surface area contributed by atoms with Gasteiger partial charge in [0.25, 0.3) is 5.91 Å². The molecule has 0 radical (unpaired) electrons. The summed E-state index contributed by atoms with van der Waals surface area (Å²) in [5, 5.41) is 12.3.